The molecule has 9 nitrogen and oxygen atoms in total. The standard InChI is InChI=1S/C26H24F3N7O2/c1-3-36(4-2)22-13-21-20(12-17(22)24(37)31-16-10-9-15-14-30-35-19(15)11-16)33-25(34-21)32-18-7-5-6-8-23(18)38-26(27,28)29/h5-14H,3-4H2,1-2H3,(H,30,35)(H,31,37)(H2,32,33,34). The van der Waals surface area contributed by atoms with Crippen molar-refractivity contribution in [1.29, 1.82) is 0 Å². The molecule has 0 aliphatic rings. The average molecular weight is 524 g/mol. The predicted octanol–water partition coefficient (Wildman–Crippen LogP) is 6.18. The molecule has 196 valence electrons. The maximum atomic E-state index is 13.4. The zero-order valence-electron chi connectivity index (χ0n) is 20.5. The third-order valence-electron chi connectivity index (χ3n) is 6.01. The van der Waals surface area contributed by atoms with Gasteiger partial charge < -0.3 is 25.3 Å². The highest BCUT2D eigenvalue weighted by molar-refractivity contribution is 6.11. The number of nitrogens with zero attached hydrogens (tertiary/aromatic N) is 3. The van der Waals surface area contributed by atoms with E-state index in [1.807, 2.05) is 24.8 Å². The third kappa shape index (κ3) is 5.19. The molecule has 3 aromatic carbocycles. The van der Waals surface area contributed by atoms with Gasteiger partial charge in [-0.15, -0.1) is 13.2 Å². The number of aromatic amines is 2. The summed E-state index contributed by atoms with van der Waals surface area (Å²) in [6, 6.07) is 14.6. The van der Waals surface area contributed by atoms with Gasteiger partial charge >= 0.3 is 6.36 Å². The van der Waals surface area contributed by atoms with Crippen LogP contribution in [0.25, 0.3) is 21.9 Å². The van der Waals surface area contributed by atoms with Crippen LogP contribution in [0.5, 0.6) is 5.75 Å². The molecule has 38 heavy (non-hydrogen) atoms. The van der Waals surface area contributed by atoms with E-state index in [4.69, 9.17) is 0 Å². The molecule has 0 unspecified atom stereocenters. The third-order valence-corrected chi connectivity index (χ3v) is 6.01. The van der Waals surface area contributed by atoms with Crippen molar-refractivity contribution < 1.29 is 22.7 Å². The smallest absolute Gasteiger partial charge is 0.404 e. The number of rotatable bonds is 8. The molecule has 0 saturated carbocycles. The Balaban J connectivity index is 1.49. The monoisotopic (exact) mass is 523 g/mol. The van der Waals surface area contributed by atoms with Crippen molar-refractivity contribution in [3.8, 4) is 5.75 Å². The van der Waals surface area contributed by atoms with E-state index in [2.05, 4.69) is 35.5 Å². The first-order chi connectivity index (χ1) is 18.2. The second kappa shape index (κ2) is 9.96. The second-order valence-corrected chi connectivity index (χ2v) is 8.44. The molecule has 5 aromatic rings. The fraction of sp³-hybridized carbons (Fsp3) is 0.192. The molecule has 0 atom stereocenters. The maximum absolute atomic E-state index is 13.4. The quantitative estimate of drug-likeness (QED) is 0.193. The number of para-hydroxylation sites is 2. The molecule has 0 bridgehead atoms. The molecular formula is C26H24F3N7O2. The Hall–Kier alpha value is -4.74. The summed E-state index contributed by atoms with van der Waals surface area (Å²) in [5.74, 6) is -0.509. The summed E-state index contributed by atoms with van der Waals surface area (Å²) in [7, 11) is 0. The van der Waals surface area contributed by atoms with Crippen molar-refractivity contribution in [2.45, 2.75) is 20.2 Å². The molecule has 0 radical (unpaired) electrons. The Labute approximate surface area is 215 Å². The molecule has 4 N–H and O–H groups in total. The molecule has 0 fully saturated rings. The zero-order valence-corrected chi connectivity index (χ0v) is 20.5. The highest BCUT2D eigenvalue weighted by atomic mass is 19.4. The van der Waals surface area contributed by atoms with Crippen molar-refractivity contribution in [3.63, 3.8) is 0 Å². The Morgan fingerprint density at radius 1 is 1.05 bits per heavy atom. The number of amides is 1. The molecular weight excluding hydrogens is 499 g/mol. The lowest BCUT2D eigenvalue weighted by molar-refractivity contribution is -0.274. The lowest BCUT2D eigenvalue weighted by Gasteiger charge is -2.23. The van der Waals surface area contributed by atoms with Gasteiger partial charge in [0.25, 0.3) is 5.91 Å². The van der Waals surface area contributed by atoms with Gasteiger partial charge in [0.1, 0.15) is 0 Å². The van der Waals surface area contributed by atoms with Crippen LogP contribution in [0, 0.1) is 0 Å². The van der Waals surface area contributed by atoms with Gasteiger partial charge in [-0.3, -0.25) is 9.89 Å². The van der Waals surface area contributed by atoms with Crippen molar-refractivity contribution in [2.24, 2.45) is 0 Å². The molecule has 0 spiro atoms. The number of anilines is 4. The summed E-state index contributed by atoms with van der Waals surface area (Å²) in [4.78, 5) is 23.0. The van der Waals surface area contributed by atoms with Crippen LogP contribution in [0.4, 0.5) is 36.2 Å². The first-order valence-electron chi connectivity index (χ1n) is 11.9. The summed E-state index contributed by atoms with van der Waals surface area (Å²) in [5, 5.41) is 13.6. The number of fused-ring (bicyclic) bond motifs is 2. The highest BCUT2D eigenvalue weighted by Crippen LogP contribution is 2.33. The Morgan fingerprint density at radius 3 is 2.61 bits per heavy atom. The largest absolute Gasteiger partial charge is 0.573 e. The lowest BCUT2D eigenvalue weighted by Crippen LogP contribution is -2.25. The molecule has 12 heteroatoms. The number of imidazole rings is 1. The van der Waals surface area contributed by atoms with Crippen LogP contribution in [0.2, 0.25) is 0 Å². The summed E-state index contributed by atoms with van der Waals surface area (Å²) in [5.41, 5.74) is 3.65. The second-order valence-electron chi connectivity index (χ2n) is 8.44. The number of carbonyl (C=O) groups is 1. The van der Waals surface area contributed by atoms with E-state index in [0.717, 1.165) is 10.9 Å². The first kappa shape index (κ1) is 24.9. The van der Waals surface area contributed by atoms with Crippen molar-refractivity contribution >= 4 is 50.9 Å². The number of alkyl halides is 3. The SMILES string of the molecule is CCN(CC)c1cc2nc(Nc3ccccc3OC(F)(F)F)[nH]c2cc1C(=O)Nc1ccc2cn[nH]c2c1. The van der Waals surface area contributed by atoms with Crippen molar-refractivity contribution in [2.75, 3.05) is 28.6 Å². The number of ether oxygens (including phenoxy) is 1. The van der Waals surface area contributed by atoms with Gasteiger partial charge in [-0.25, -0.2) is 4.98 Å². The lowest BCUT2D eigenvalue weighted by atomic mass is 10.1. The van der Waals surface area contributed by atoms with Crippen molar-refractivity contribution in [3.05, 3.63) is 66.4 Å². The van der Waals surface area contributed by atoms with Crippen LogP contribution in [0.1, 0.15) is 24.2 Å². The van der Waals surface area contributed by atoms with E-state index in [1.54, 1.807) is 36.5 Å². The summed E-state index contributed by atoms with van der Waals surface area (Å²) in [6.45, 7) is 5.27. The van der Waals surface area contributed by atoms with Gasteiger partial charge in [0.05, 0.1) is 39.7 Å². The minimum Gasteiger partial charge on any atom is -0.404 e. The van der Waals surface area contributed by atoms with E-state index in [9.17, 15) is 18.0 Å². The van der Waals surface area contributed by atoms with Crippen LogP contribution in [0.3, 0.4) is 0 Å². The Bertz CT molecular complexity index is 1610. The molecule has 2 heterocycles. The van der Waals surface area contributed by atoms with Crippen LogP contribution >= 0.6 is 0 Å². The van der Waals surface area contributed by atoms with Crippen LogP contribution < -0.4 is 20.3 Å². The molecule has 0 aliphatic carbocycles. The van der Waals surface area contributed by atoms with Crippen molar-refractivity contribution in [1.82, 2.24) is 20.2 Å². The fourth-order valence-electron chi connectivity index (χ4n) is 4.24. The number of H-pyrrole nitrogens is 2. The van der Waals surface area contributed by atoms with Gasteiger partial charge in [0.2, 0.25) is 5.95 Å². The summed E-state index contributed by atoms with van der Waals surface area (Å²) in [6.07, 6.45) is -3.14. The number of hydrogen-bond donors (Lipinski definition) is 4. The zero-order chi connectivity index (χ0) is 26.9. The number of carbonyl (C=O) groups excluding carboxylic acids is 1. The molecule has 0 saturated heterocycles. The Morgan fingerprint density at radius 2 is 1.84 bits per heavy atom. The van der Waals surface area contributed by atoms with Crippen LogP contribution in [-0.4, -0.2) is 45.5 Å². The average Bonchev–Trinajstić information content (AvgIpc) is 3.50. The van der Waals surface area contributed by atoms with E-state index < -0.39 is 12.1 Å². The topological polar surface area (TPSA) is 111 Å². The van der Waals surface area contributed by atoms with Gasteiger partial charge in [-0.2, -0.15) is 5.10 Å². The number of halogens is 3. The predicted molar refractivity (Wildman–Crippen MR) is 140 cm³/mol. The van der Waals surface area contributed by atoms with Crippen LogP contribution in [-0.2, 0) is 0 Å². The number of aromatic nitrogens is 4. The molecule has 1 amide bonds. The summed E-state index contributed by atoms with van der Waals surface area (Å²) < 4.78 is 42.6. The number of benzene rings is 3. The molecule has 0 aliphatic heterocycles. The van der Waals surface area contributed by atoms with E-state index >= 15 is 0 Å². The van der Waals surface area contributed by atoms with Gasteiger partial charge in [0, 0.05) is 24.2 Å². The molecule has 5 rings (SSSR count). The van der Waals surface area contributed by atoms with E-state index in [0.29, 0.717) is 41.1 Å². The fourth-order valence-corrected chi connectivity index (χ4v) is 4.24. The Kier molecular flexibility index (Phi) is 6.53. The summed E-state index contributed by atoms with van der Waals surface area (Å²) >= 11 is 0. The highest BCUT2D eigenvalue weighted by Gasteiger charge is 2.32. The van der Waals surface area contributed by atoms with E-state index in [1.165, 1.54) is 18.2 Å². The molecule has 2 aromatic heterocycles. The van der Waals surface area contributed by atoms with Gasteiger partial charge in [-0.05, 0) is 56.3 Å². The van der Waals surface area contributed by atoms with Gasteiger partial charge in [0.15, 0.2) is 5.75 Å². The van der Waals surface area contributed by atoms with E-state index in [-0.39, 0.29) is 17.5 Å². The first-order valence-corrected chi connectivity index (χ1v) is 11.9. The van der Waals surface area contributed by atoms with Gasteiger partial charge in [-0.1, -0.05) is 12.1 Å². The number of nitrogens with one attached hydrogen (secondary N) is 4. The number of hydrogen-bond acceptors (Lipinski definition) is 6. The normalized spacial score (nSPS) is 11.6. The maximum Gasteiger partial charge on any atom is 0.573 e. The minimum atomic E-state index is -4.84. The minimum absolute atomic E-state index is 0.0833. The van der Waals surface area contributed by atoms with Crippen LogP contribution in [0.15, 0.2) is 60.8 Å².